The van der Waals surface area contributed by atoms with Crippen molar-refractivity contribution in [2.45, 2.75) is 26.5 Å². The summed E-state index contributed by atoms with van der Waals surface area (Å²) in [5.41, 5.74) is 0.536. The van der Waals surface area contributed by atoms with E-state index in [4.69, 9.17) is 11.6 Å². The van der Waals surface area contributed by atoms with Gasteiger partial charge in [0.25, 0.3) is 0 Å². The molecule has 0 aliphatic rings. The first-order valence-corrected chi connectivity index (χ1v) is 7.33. The van der Waals surface area contributed by atoms with Crippen LogP contribution >= 0.6 is 11.6 Å². The first-order valence-electron chi connectivity index (χ1n) is 5.13. The average molecular weight is 261 g/mol. The quantitative estimate of drug-likeness (QED) is 0.836. The highest BCUT2D eigenvalue weighted by Crippen LogP contribution is 2.20. The molecule has 16 heavy (non-hydrogen) atoms. The van der Waals surface area contributed by atoms with Crippen molar-refractivity contribution in [2.24, 2.45) is 5.41 Å². The van der Waals surface area contributed by atoms with Crippen LogP contribution in [0.4, 0.5) is 0 Å². The van der Waals surface area contributed by atoms with Gasteiger partial charge in [-0.05, 0) is 23.1 Å². The van der Waals surface area contributed by atoms with Crippen molar-refractivity contribution in [2.75, 3.05) is 5.75 Å². The maximum Gasteiger partial charge on any atom is 0.154 e. The van der Waals surface area contributed by atoms with Gasteiger partial charge in [-0.15, -0.1) is 0 Å². The van der Waals surface area contributed by atoms with E-state index in [0.29, 0.717) is 5.02 Å². The van der Waals surface area contributed by atoms with E-state index in [-0.39, 0.29) is 16.9 Å². The average Bonchev–Trinajstić information content (AvgIpc) is 1.96. The minimum absolute atomic E-state index is 0.0603. The molecule has 0 fully saturated rings. The van der Waals surface area contributed by atoms with E-state index in [1.54, 1.807) is 24.3 Å². The lowest BCUT2D eigenvalue weighted by Crippen LogP contribution is -2.21. The Labute approximate surface area is 103 Å². The monoisotopic (exact) mass is 260 g/mol. The Bertz CT molecular complexity index is 458. The summed E-state index contributed by atoms with van der Waals surface area (Å²) >= 11 is 5.81. The fourth-order valence-electron chi connectivity index (χ4n) is 1.59. The van der Waals surface area contributed by atoms with Gasteiger partial charge in [0.1, 0.15) is 0 Å². The molecule has 4 heteroatoms. The van der Waals surface area contributed by atoms with Gasteiger partial charge in [0.2, 0.25) is 0 Å². The van der Waals surface area contributed by atoms with Crippen LogP contribution in [0, 0.1) is 5.41 Å². The number of hydrogen-bond donors (Lipinski definition) is 0. The molecule has 1 aromatic rings. The molecule has 0 saturated carbocycles. The Hall–Kier alpha value is -0.540. The Morgan fingerprint density at radius 2 is 1.88 bits per heavy atom. The zero-order valence-corrected chi connectivity index (χ0v) is 11.4. The van der Waals surface area contributed by atoms with Gasteiger partial charge in [0, 0.05) is 5.02 Å². The molecule has 0 heterocycles. The van der Waals surface area contributed by atoms with E-state index in [2.05, 4.69) is 0 Å². The molecule has 1 aromatic carbocycles. The molecular formula is C12H17ClO2S. The Balaban J connectivity index is 2.81. The van der Waals surface area contributed by atoms with Crippen molar-refractivity contribution in [3.8, 4) is 0 Å². The van der Waals surface area contributed by atoms with Crippen LogP contribution in [-0.2, 0) is 15.6 Å². The van der Waals surface area contributed by atoms with Crippen molar-refractivity contribution in [3.05, 3.63) is 34.9 Å². The number of rotatable bonds is 3. The molecular weight excluding hydrogens is 244 g/mol. The Kier molecular flexibility index (Phi) is 4.02. The van der Waals surface area contributed by atoms with E-state index in [1.165, 1.54) is 0 Å². The summed E-state index contributed by atoms with van der Waals surface area (Å²) in [6.07, 6.45) is 0. The molecule has 0 spiro atoms. The molecule has 0 aliphatic heterocycles. The zero-order chi connectivity index (χ0) is 12.4. The number of benzene rings is 1. The number of sulfone groups is 1. The molecule has 0 N–H and O–H groups in total. The summed E-state index contributed by atoms with van der Waals surface area (Å²) in [6, 6.07) is 6.99. The molecule has 2 nitrogen and oxygen atoms in total. The highest BCUT2D eigenvalue weighted by Gasteiger charge is 2.21. The van der Waals surface area contributed by atoms with E-state index in [1.807, 2.05) is 20.8 Å². The van der Waals surface area contributed by atoms with Gasteiger partial charge in [0.15, 0.2) is 9.84 Å². The lowest BCUT2D eigenvalue weighted by molar-refractivity contribution is 0.461. The van der Waals surface area contributed by atoms with Crippen LogP contribution in [0.1, 0.15) is 26.3 Å². The summed E-state index contributed by atoms with van der Waals surface area (Å²) in [4.78, 5) is 0. The second kappa shape index (κ2) is 4.76. The van der Waals surface area contributed by atoms with Crippen LogP contribution in [0.3, 0.4) is 0 Å². The highest BCUT2D eigenvalue weighted by atomic mass is 35.5. The van der Waals surface area contributed by atoms with E-state index in [9.17, 15) is 8.42 Å². The smallest absolute Gasteiger partial charge is 0.154 e. The topological polar surface area (TPSA) is 34.1 Å². The van der Waals surface area contributed by atoms with Gasteiger partial charge < -0.3 is 0 Å². The third-order valence-electron chi connectivity index (χ3n) is 1.93. The maximum atomic E-state index is 11.9. The van der Waals surface area contributed by atoms with E-state index < -0.39 is 9.84 Å². The number of hydrogen-bond acceptors (Lipinski definition) is 2. The Morgan fingerprint density at radius 3 is 2.38 bits per heavy atom. The normalized spacial score (nSPS) is 12.8. The predicted molar refractivity (Wildman–Crippen MR) is 68.4 cm³/mol. The molecule has 0 amide bonds. The Morgan fingerprint density at radius 1 is 1.25 bits per heavy atom. The third-order valence-corrected chi connectivity index (χ3v) is 4.24. The van der Waals surface area contributed by atoms with Gasteiger partial charge in [-0.25, -0.2) is 8.42 Å². The van der Waals surface area contributed by atoms with Gasteiger partial charge >= 0.3 is 0 Å². The van der Waals surface area contributed by atoms with Gasteiger partial charge in [0.05, 0.1) is 11.5 Å². The molecule has 0 saturated heterocycles. The van der Waals surface area contributed by atoms with Crippen LogP contribution in [-0.4, -0.2) is 14.2 Å². The summed E-state index contributed by atoms with van der Waals surface area (Å²) in [7, 11) is -3.07. The van der Waals surface area contributed by atoms with Crippen LogP contribution in [0.25, 0.3) is 0 Å². The minimum atomic E-state index is -3.07. The van der Waals surface area contributed by atoms with Crippen molar-refractivity contribution in [3.63, 3.8) is 0 Å². The highest BCUT2D eigenvalue weighted by molar-refractivity contribution is 7.90. The van der Waals surface area contributed by atoms with Gasteiger partial charge in [-0.3, -0.25) is 0 Å². The van der Waals surface area contributed by atoms with E-state index >= 15 is 0 Å². The molecule has 1 rings (SSSR count). The predicted octanol–water partition coefficient (Wildman–Crippen LogP) is 3.30. The minimum Gasteiger partial charge on any atom is -0.228 e. The number of halogens is 1. The summed E-state index contributed by atoms with van der Waals surface area (Å²) in [5.74, 6) is 0.247. The standard InChI is InChI=1S/C12H17ClO2S/c1-12(2,3)9-16(14,15)8-10-5-4-6-11(13)7-10/h4-7H,8-9H2,1-3H3. The van der Waals surface area contributed by atoms with Crippen LogP contribution in [0.2, 0.25) is 5.02 Å². The van der Waals surface area contributed by atoms with Gasteiger partial charge in [-0.2, -0.15) is 0 Å². The molecule has 0 unspecified atom stereocenters. The summed E-state index contributed by atoms with van der Waals surface area (Å²) < 4.78 is 23.8. The summed E-state index contributed by atoms with van der Waals surface area (Å²) in [5, 5.41) is 0.573. The second-order valence-electron chi connectivity index (χ2n) is 5.22. The molecule has 0 bridgehead atoms. The van der Waals surface area contributed by atoms with Crippen molar-refractivity contribution in [1.29, 1.82) is 0 Å². The molecule has 0 radical (unpaired) electrons. The largest absolute Gasteiger partial charge is 0.228 e. The zero-order valence-electron chi connectivity index (χ0n) is 9.83. The third kappa shape index (κ3) is 4.99. The van der Waals surface area contributed by atoms with Crippen molar-refractivity contribution in [1.82, 2.24) is 0 Å². The van der Waals surface area contributed by atoms with E-state index in [0.717, 1.165) is 5.56 Å². The van der Waals surface area contributed by atoms with Crippen LogP contribution in [0.15, 0.2) is 24.3 Å². The van der Waals surface area contributed by atoms with Crippen molar-refractivity contribution >= 4 is 21.4 Å². The fourth-order valence-corrected chi connectivity index (χ4v) is 3.91. The van der Waals surface area contributed by atoms with Gasteiger partial charge in [-0.1, -0.05) is 44.5 Å². The SMILES string of the molecule is CC(C)(C)CS(=O)(=O)Cc1cccc(Cl)c1. The fraction of sp³-hybridized carbons (Fsp3) is 0.500. The molecule has 90 valence electrons. The second-order valence-corrected chi connectivity index (χ2v) is 7.72. The van der Waals surface area contributed by atoms with Crippen LogP contribution < -0.4 is 0 Å². The first kappa shape index (κ1) is 13.5. The lowest BCUT2D eigenvalue weighted by Gasteiger charge is -2.17. The molecule has 0 aromatic heterocycles. The maximum absolute atomic E-state index is 11.9. The molecule has 0 atom stereocenters. The first-order chi connectivity index (χ1) is 7.18. The summed E-state index contributed by atoms with van der Waals surface area (Å²) in [6.45, 7) is 5.76. The van der Waals surface area contributed by atoms with Crippen molar-refractivity contribution < 1.29 is 8.42 Å². The van der Waals surface area contributed by atoms with Crippen LogP contribution in [0.5, 0.6) is 0 Å². The lowest BCUT2D eigenvalue weighted by atomic mass is 10.0. The molecule has 0 aliphatic carbocycles.